The Bertz CT molecular complexity index is 1520. The number of fused-ring (bicyclic) bond motifs is 4. The molecule has 10 nitrogen and oxygen atoms in total. The van der Waals surface area contributed by atoms with E-state index in [-0.39, 0.29) is 31.4 Å². The number of hydrogen-bond acceptors (Lipinski definition) is 6. The molecule has 2 amide bonds. The molecular weight excluding hydrogens is 452 g/mol. The van der Waals surface area contributed by atoms with Crippen molar-refractivity contribution in [2.75, 3.05) is 4.90 Å². The van der Waals surface area contributed by atoms with Crippen LogP contribution in [-0.4, -0.2) is 30.9 Å². The highest BCUT2D eigenvalue weighted by molar-refractivity contribution is 6.24. The number of aliphatic hydroxyl groups excluding tert-OH is 1. The molecule has 3 aromatic rings. The van der Waals surface area contributed by atoms with Crippen LogP contribution in [0.4, 0.5) is 5.69 Å². The van der Waals surface area contributed by atoms with Crippen LogP contribution in [0.15, 0.2) is 68.1 Å². The second kappa shape index (κ2) is 7.29. The summed E-state index contributed by atoms with van der Waals surface area (Å²) in [6.07, 6.45) is 2.06. The number of aliphatic hydroxyl groups is 1. The third-order valence-electron chi connectivity index (χ3n) is 7.87. The van der Waals surface area contributed by atoms with Crippen LogP contribution in [0.5, 0.6) is 0 Å². The Labute approximate surface area is 199 Å². The van der Waals surface area contributed by atoms with Crippen molar-refractivity contribution in [2.24, 2.45) is 18.4 Å². The lowest BCUT2D eigenvalue weighted by Gasteiger charge is -2.46. The molecule has 6 rings (SSSR count). The maximum Gasteiger partial charge on any atom is 0.347 e. The third-order valence-corrected chi connectivity index (χ3v) is 7.87. The Morgan fingerprint density at radius 3 is 2.49 bits per heavy atom. The van der Waals surface area contributed by atoms with Crippen LogP contribution in [0.1, 0.15) is 36.8 Å². The van der Waals surface area contributed by atoms with Crippen molar-refractivity contribution < 1.29 is 19.1 Å². The minimum absolute atomic E-state index is 0.163. The third kappa shape index (κ3) is 2.68. The molecule has 0 radical (unpaired) electrons. The number of allylic oxidation sites excluding steroid dienone is 2. The Morgan fingerprint density at radius 1 is 1.06 bits per heavy atom. The van der Waals surface area contributed by atoms with Gasteiger partial charge < -0.3 is 9.52 Å². The summed E-state index contributed by atoms with van der Waals surface area (Å²) in [7, 11) is 1.43. The van der Waals surface area contributed by atoms with Crippen LogP contribution in [0.2, 0.25) is 0 Å². The van der Waals surface area contributed by atoms with Gasteiger partial charge in [-0.25, -0.2) is 28.4 Å². The summed E-state index contributed by atoms with van der Waals surface area (Å²) in [5.74, 6) is -1.32. The number of carbonyl (C=O) groups is 2. The zero-order valence-corrected chi connectivity index (χ0v) is 19.2. The number of benzene rings is 1. The molecule has 4 heterocycles. The second-order valence-electron chi connectivity index (χ2n) is 9.55. The zero-order chi connectivity index (χ0) is 24.6. The summed E-state index contributed by atoms with van der Waals surface area (Å²) in [5.41, 5.74) is -0.846. The van der Waals surface area contributed by atoms with E-state index in [1.54, 1.807) is 43.3 Å². The lowest BCUT2D eigenvalue weighted by molar-refractivity contribution is -0.129. The number of anilines is 1. The molecule has 1 saturated heterocycles. The van der Waals surface area contributed by atoms with Gasteiger partial charge in [-0.2, -0.15) is 0 Å². The number of carbonyl (C=O) groups excluding carboxylic acids is 2. The highest BCUT2D eigenvalue weighted by Crippen LogP contribution is 2.61. The van der Waals surface area contributed by atoms with Gasteiger partial charge in [-0.05, 0) is 43.2 Å². The maximum absolute atomic E-state index is 14.0. The van der Waals surface area contributed by atoms with Crippen LogP contribution in [0.25, 0.3) is 0 Å². The summed E-state index contributed by atoms with van der Waals surface area (Å²) in [6, 6.07) is 11.5. The number of para-hydroxylation sites is 1. The first kappa shape index (κ1) is 21.6. The molecule has 4 atom stereocenters. The molecule has 0 spiro atoms. The van der Waals surface area contributed by atoms with Gasteiger partial charge in [0, 0.05) is 7.05 Å². The van der Waals surface area contributed by atoms with Crippen LogP contribution >= 0.6 is 0 Å². The van der Waals surface area contributed by atoms with E-state index in [9.17, 15) is 24.3 Å². The fourth-order valence-electron chi connectivity index (χ4n) is 6.15. The summed E-state index contributed by atoms with van der Waals surface area (Å²) < 4.78 is 9.76. The van der Waals surface area contributed by atoms with Gasteiger partial charge in [-0.1, -0.05) is 24.3 Å². The average molecular weight is 476 g/mol. The molecule has 2 fully saturated rings. The molecule has 2 aromatic heterocycles. The molecule has 0 bridgehead atoms. The molecule has 4 unspecified atom stereocenters. The van der Waals surface area contributed by atoms with Gasteiger partial charge >= 0.3 is 11.4 Å². The highest BCUT2D eigenvalue weighted by Gasteiger charge is 2.66. The topological polar surface area (TPSA) is 120 Å². The predicted molar refractivity (Wildman–Crippen MR) is 124 cm³/mol. The molecule has 1 saturated carbocycles. The molecule has 2 aliphatic heterocycles. The van der Waals surface area contributed by atoms with Crippen molar-refractivity contribution in [2.45, 2.75) is 38.5 Å². The van der Waals surface area contributed by atoms with Crippen LogP contribution < -0.4 is 16.3 Å². The Kier molecular flexibility index (Phi) is 4.50. The van der Waals surface area contributed by atoms with E-state index in [2.05, 4.69) is 0 Å². The van der Waals surface area contributed by atoms with E-state index in [0.717, 1.165) is 10.1 Å². The average Bonchev–Trinajstić information content (AvgIpc) is 3.48. The lowest BCUT2D eigenvalue weighted by atomic mass is 9.58. The molecule has 3 aliphatic rings. The van der Waals surface area contributed by atoms with Gasteiger partial charge in [-0.3, -0.25) is 9.59 Å². The minimum atomic E-state index is -1.18. The van der Waals surface area contributed by atoms with Crippen molar-refractivity contribution in [1.29, 1.82) is 0 Å². The van der Waals surface area contributed by atoms with Gasteiger partial charge in [0.2, 0.25) is 11.8 Å². The summed E-state index contributed by atoms with van der Waals surface area (Å²) in [5, 5.41) is 9.59. The second-order valence-corrected chi connectivity index (χ2v) is 9.55. The zero-order valence-electron chi connectivity index (χ0n) is 19.2. The van der Waals surface area contributed by atoms with E-state index in [1.807, 2.05) is 12.1 Å². The molecular formula is C25H24N4O6. The predicted octanol–water partition coefficient (Wildman–Crippen LogP) is 1.30. The normalized spacial score (nSPS) is 27.5. The Balaban J connectivity index is 1.58. The van der Waals surface area contributed by atoms with Crippen molar-refractivity contribution in [3.8, 4) is 0 Å². The maximum atomic E-state index is 14.0. The van der Waals surface area contributed by atoms with Gasteiger partial charge in [0.25, 0.3) is 0 Å². The van der Waals surface area contributed by atoms with E-state index in [4.69, 9.17) is 4.42 Å². The number of furan rings is 1. The van der Waals surface area contributed by atoms with E-state index < -0.39 is 34.7 Å². The van der Waals surface area contributed by atoms with E-state index in [1.165, 1.54) is 21.3 Å². The number of amides is 2. The van der Waals surface area contributed by atoms with Gasteiger partial charge in [-0.15, -0.1) is 0 Å². The summed E-state index contributed by atoms with van der Waals surface area (Å²) >= 11 is 0. The SMILES string of the molecule is Cn1c(=O)n2n(c1=O)C1CC3C(=O)N(c4ccccc4)C(=O)C3(C)C(c3ccc(CO)o3)C1=CC2. The van der Waals surface area contributed by atoms with Crippen molar-refractivity contribution >= 4 is 17.5 Å². The molecule has 180 valence electrons. The Hall–Kier alpha value is -3.92. The quantitative estimate of drug-likeness (QED) is 0.450. The first-order valence-corrected chi connectivity index (χ1v) is 11.5. The van der Waals surface area contributed by atoms with Crippen LogP contribution in [0, 0.1) is 11.3 Å². The van der Waals surface area contributed by atoms with Crippen molar-refractivity contribution in [1.82, 2.24) is 13.9 Å². The van der Waals surface area contributed by atoms with Crippen molar-refractivity contribution in [3.63, 3.8) is 0 Å². The minimum Gasteiger partial charge on any atom is -0.463 e. The number of imide groups is 1. The molecule has 10 heteroatoms. The number of hydrogen-bond donors (Lipinski definition) is 1. The van der Waals surface area contributed by atoms with E-state index >= 15 is 0 Å². The fourth-order valence-corrected chi connectivity index (χ4v) is 6.15. The van der Waals surface area contributed by atoms with Gasteiger partial charge in [0.15, 0.2) is 0 Å². The van der Waals surface area contributed by atoms with Crippen molar-refractivity contribution in [3.05, 3.63) is 86.6 Å². The Morgan fingerprint density at radius 2 is 1.80 bits per heavy atom. The molecule has 1 N–H and O–H groups in total. The van der Waals surface area contributed by atoms with E-state index in [0.29, 0.717) is 17.2 Å². The molecule has 1 aromatic carbocycles. The number of nitrogens with zero attached hydrogens (tertiary/aromatic N) is 4. The van der Waals surface area contributed by atoms with Crippen LogP contribution in [0.3, 0.4) is 0 Å². The highest BCUT2D eigenvalue weighted by atomic mass is 16.4. The first-order chi connectivity index (χ1) is 16.8. The summed E-state index contributed by atoms with van der Waals surface area (Å²) in [6.45, 7) is 1.63. The standard InChI is InChI=1S/C25H24N4O6/c1-25-17(21(31)28(22(25)32)14-6-4-3-5-7-14)12-18-16(20(25)19-9-8-15(13-30)35-19)10-11-27-23(33)26(2)24(34)29(18)27/h3-10,17-18,20,30H,11-13H2,1-2H3. The monoisotopic (exact) mass is 476 g/mol. The van der Waals surface area contributed by atoms with Gasteiger partial charge in [0.1, 0.15) is 18.1 Å². The molecule has 1 aliphatic carbocycles. The lowest BCUT2D eigenvalue weighted by Crippen LogP contribution is -2.49. The number of rotatable bonds is 3. The summed E-state index contributed by atoms with van der Waals surface area (Å²) in [4.78, 5) is 54.7. The smallest absolute Gasteiger partial charge is 0.347 e. The number of aromatic nitrogens is 3. The largest absolute Gasteiger partial charge is 0.463 e. The van der Waals surface area contributed by atoms with Crippen LogP contribution in [-0.2, 0) is 29.8 Å². The van der Waals surface area contributed by atoms with Gasteiger partial charge in [0.05, 0.1) is 35.5 Å². The fraction of sp³-hybridized carbons (Fsp3) is 0.360. The molecule has 35 heavy (non-hydrogen) atoms. The first-order valence-electron chi connectivity index (χ1n) is 11.5.